The van der Waals surface area contributed by atoms with E-state index in [2.05, 4.69) is 24.3 Å². The van der Waals surface area contributed by atoms with Gasteiger partial charge >= 0.3 is 25.8 Å². The zero-order valence-corrected chi connectivity index (χ0v) is 11.1. The van der Waals surface area contributed by atoms with E-state index < -0.39 is 0 Å². The van der Waals surface area contributed by atoms with Gasteiger partial charge in [-0.25, -0.2) is 24.3 Å². The summed E-state index contributed by atoms with van der Waals surface area (Å²) in [5, 5.41) is 0. The van der Waals surface area contributed by atoms with Crippen LogP contribution in [0.3, 0.4) is 0 Å². The molecule has 12 heavy (non-hydrogen) atoms. The fourth-order valence-corrected chi connectivity index (χ4v) is 0.680. The van der Waals surface area contributed by atoms with Gasteiger partial charge in [-0.15, -0.1) is 12.8 Å². The molecular weight excluding hydrogens is 334 g/mol. The molecule has 2 heteroatoms. The first kappa shape index (κ1) is 14.6. The summed E-state index contributed by atoms with van der Waals surface area (Å²) < 4.78 is 0. The molecule has 2 aliphatic carbocycles. The molecule has 0 aromatic heterocycles. The summed E-state index contributed by atoms with van der Waals surface area (Å²) >= 11 is 0. The molecule has 2 rings (SSSR count). The van der Waals surface area contributed by atoms with Gasteiger partial charge in [0, 0.05) is 0 Å². The van der Waals surface area contributed by atoms with Crippen LogP contribution in [0, 0.1) is 12.2 Å². The van der Waals surface area contributed by atoms with E-state index in [4.69, 9.17) is 0 Å². The quantitative estimate of drug-likeness (QED) is 0.419. The summed E-state index contributed by atoms with van der Waals surface area (Å²) in [6.45, 7) is 0. The first-order chi connectivity index (χ1) is 5.00. The van der Waals surface area contributed by atoms with Gasteiger partial charge in [0.2, 0.25) is 0 Å². The van der Waals surface area contributed by atoms with Crippen LogP contribution in [0.1, 0.15) is 14.3 Å². The van der Waals surface area contributed by atoms with Gasteiger partial charge in [-0.05, 0) is 0 Å². The smallest absolute Gasteiger partial charge is 1.00 e. The molecule has 62 valence electrons. The number of allylic oxidation sites excluding steroid dienone is 8. The van der Waals surface area contributed by atoms with Gasteiger partial charge in [-0.3, -0.25) is 12.2 Å². The van der Waals surface area contributed by atoms with Gasteiger partial charge in [0.1, 0.15) is 0 Å². The van der Waals surface area contributed by atoms with Crippen molar-refractivity contribution < 1.29 is 39.7 Å². The summed E-state index contributed by atoms with van der Waals surface area (Å²) in [4.78, 5) is 0. The Morgan fingerprint density at radius 3 is 1.42 bits per heavy atom. The average molecular weight is 345 g/mol. The van der Waals surface area contributed by atoms with E-state index in [-0.39, 0.29) is 39.7 Å². The number of hydrogen-bond donors (Lipinski definition) is 0. The van der Waals surface area contributed by atoms with Crippen LogP contribution in [0.25, 0.3) is 0 Å². The van der Waals surface area contributed by atoms with Crippen molar-refractivity contribution in [3.05, 3.63) is 48.6 Å². The van der Waals surface area contributed by atoms with Gasteiger partial charge in [-0.2, -0.15) is 12.2 Å². The molecule has 0 heterocycles. The van der Waals surface area contributed by atoms with Gasteiger partial charge in [-0.1, -0.05) is 0 Å². The first-order valence-electron chi connectivity index (χ1n) is 3.43. The molecule has 2 aliphatic rings. The van der Waals surface area contributed by atoms with Gasteiger partial charge < -0.3 is 13.8 Å². The standard InChI is InChI=1S/2C5H5.ClH.Hf.H/c2*1-2-4-5-3-1;;;/h2*1-3H,4H2;1H;;/q2*-1;;+4;-1/p-1. The van der Waals surface area contributed by atoms with Gasteiger partial charge in [0.25, 0.3) is 0 Å². The maximum absolute atomic E-state index is 2.99. The first-order valence-corrected chi connectivity index (χ1v) is 3.43. The molecule has 0 bridgehead atoms. The summed E-state index contributed by atoms with van der Waals surface area (Å²) in [7, 11) is 0. The van der Waals surface area contributed by atoms with Crippen LogP contribution < -0.4 is 12.4 Å². The maximum atomic E-state index is 2.99. The maximum Gasteiger partial charge on any atom is 4.00 e. The average Bonchev–Trinajstić information content (AvgIpc) is 2.67. The topological polar surface area (TPSA) is 0 Å². The van der Waals surface area contributed by atoms with E-state index >= 15 is 0 Å². The summed E-state index contributed by atoms with van der Waals surface area (Å²) in [6.07, 6.45) is 20.0. The summed E-state index contributed by atoms with van der Waals surface area (Å²) in [6, 6.07) is 0. The Balaban J connectivity index is -0.000000125. The van der Waals surface area contributed by atoms with E-state index in [9.17, 15) is 0 Å². The molecule has 0 saturated carbocycles. The normalized spacial score (nSPS) is 14.7. The van der Waals surface area contributed by atoms with Crippen molar-refractivity contribution in [3.63, 3.8) is 0 Å². The second kappa shape index (κ2) is 11.1. The van der Waals surface area contributed by atoms with E-state index in [1.165, 1.54) is 0 Å². The van der Waals surface area contributed by atoms with Crippen molar-refractivity contribution in [2.45, 2.75) is 12.8 Å². The van der Waals surface area contributed by atoms with Crippen molar-refractivity contribution in [1.82, 2.24) is 0 Å². The fourth-order valence-electron chi connectivity index (χ4n) is 0.680. The molecule has 0 amide bonds. The van der Waals surface area contributed by atoms with Crippen molar-refractivity contribution in [3.8, 4) is 0 Å². The third-order valence-electron chi connectivity index (χ3n) is 1.17. The molecule has 0 fully saturated rings. The second-order valence-electron chi connectivity index (χ2n) is 2.01. The fraction of sp³-hybridized carbons (Fsp3) is 0.200. The van der Waals surface area contributed by atoms with Crippen LogP contribution >= 0.6 is 0 Å². The third kappa shape index (κ3) is 8.22. The van der Waals surface area contributed by atoms with Gasteiger partial charge in [0.05, 0.1) is 0 Å². The minimum atomic E-state index is 0. The minimum absolute atomic E-state index is 0. The number of halogens is 1. The zero-order valence-electron chi connectivity index (χ0n) is 7.76. The minimum Gasteiger partial charge on any atom is -1.00 e. The number of hydrogen-bond acceptors (Lipinski definition) is 0. The molecule has 0 spiro atoms. The Morgan fingerprint density at radius 1 is 0.917 bits per heavy atom. The molecule has 0 N–H and O–H groups in total. The van der Waals surface area contributed by atoms with Crippen LogP contribution in [-0.4, -0.2) is 0 Å². The van der Waals surface area contributed by atoms with Crippen LogP contribution in [0.5, 0.6) is 0 Å². The molecular formula is C10H11ClHf. The van der Waals surface area contributed by atoms with Crippen molar-refractivity contribution in [2.75, 3.05) is 0 Å². The number of rotatable bonds is 0. The largest absolute Gasteiger partial charge is 4.00 e. The van der Waals surface area contributed by atoms with E-state index in [0.717, 1.165) is 12.8 Å². The molecule has 0 atom stereocenters. The Kier molecular flexibility index (Phi) is 13.6. The Bertz CT molecular complexity index is 153. The van der Waals surface area contributed by atoms with E-state index in [0.29, 0.717) is 0 Å². The Labute approximate surface area is 101 Å². The van der Waals surface area contributed by atoms with Crippen LogP contribution in [-0.2, 0) is 25.8 Å². The monoisotopic (exact) mass is 346 g/mol. The molecule has 0 unspecified atom stereocenters. The zero-order chi connectivity index (χ0) is 7.07. The van der Waals surface area contributed by atoms with Gasteiger partial charge in [0.15, 0.2) is 0 Å². The summed E-state index contributed by atoms with van der Waals surface area (Å²) in [5.41, 5.74) is 0. The Morgan fingerprint density at radius 2 is 1.33 bits per heavy atom. The molecule has 0 saturated heterocycles. The molecule has 0 radical (unpaired) electrons. The van der Waals surface area contributed by atoms with Crippen LogP contribution in [0.4, 0.5) is 0 Å². The molecule has 0 aliphatic heterocycles. The van der Waals surface area contributed by atoms with Crippen LogP contribution in [0.2, 0.25) is 0 Å². The van der Waals surface area contributed by atoms with Crippen molar-refractivity contribution in [1.29, 1.82) is 0 Å². The molecule has 0 aromatic carbocycles. The Hall–Kier alpha value is 0.120. The predicted octanol–water partition coefficient (Wildman–Crippen LogP) is -0.275. The molecule has 0 nitrogen and oxygen atoms in total. The van der Waals surface area contributed by atoms with Crippen molar-refractivity contribution in [2.24, 2.45) is 0 Å². The third-order valence-corrected chi connectivity index (χ3v) is 1.17. The molecule has 0 aromatic rings. The SMILES string of the molecule is [C-]1=CC=CC1.[C-]1=CC=CC1.[Cl-].[H-].[Hf+4]. The van der Waals surface area contributed by atoms with Crippen molar-refractivity contribution >= 4 is 0 Å². The van der Waals surface area contributed by atoms with E-state index in [1.807, 2.05) is 24.3 Å². The van der Waals surface area contributed by atoms with Crippen LogP contribution in [0.15, 0.2) is 36.5 Å². The predicted molar refractivity (Wildman–Crippen MR) is 44.3 cm³/mol. The van der Waals surface area contributed by atoms with E-state index in [1.54, 1.807) is 0 Å². The summed E-state index contributed by atoms with van der Waals surface area (Å²) in [5.74, 6) is 0. The second-order valence-corrected chi connectivity index (χ2v) is 2.01.